The molecule has 2 rings (SSSR count). The summed E-state index contributed by atoms with van der Waals surface area (Å²) in [4.78, 5) is 11.6. The molecule has 0 radical (unpaired) electrons. The standard InChI is InChI=1S/C10H16N4O2/c1-8-2-3-9-6-12-13-14(9)7-16-5-4-11-10(8)15/h6,8H,2-5,7H2,1H3,(H,11,15)/t8-/m0/s1. The second kappa shape index (κ2) is 5.07. The van der Waals surface area contributed by atoms with Crippen molar-refractivity contribution in [3.63, 3.8) is 0 Å². The van der Waals surface area contributed by atoms with Crippen LogP contribution in [0.25, 0.3) is 0 Å². The third kappa shape index (κ3) is 2.57. The summed E-state index contributed by atoms with van der Waals surface area (Å²) >= 11 is 0. The van der Waals surface area contributed by atoms with Crippen LogP contribution in [0.4, 0.5) is 0 Å². The van der Waals surface area contributed by atoms with Gasteiger partial charge >= 0.3 is 0 Å². The van der Waals surface area contributed by atoms with Crippen LogP contribution in [0.3, 0.4) is 0 Å². The first kappa shape index (κ1) is 11.1. The predicted octanol–water partition coefficient (Wildman–Crippen LogP) is -0.0493. The Labute approximate surface area is 94.0 Å². The number of hydrogen-bond acceptors (Lipinski definition) is 4. The van der Waals surface area contributed by atoms with Crippen LogP contribution in [-0.2, 0) is 22.7 Å². The van der Waals surface area contributed by atoms with Crippen molar-refractivity contribution in [1.82, 2.24) is 20.3 Å². The van der Waals surface area contributed by atoms with Crippen LogP contribution in [0.1, 0.15) is 19.0 Å². The molecule has 16 heavy (non-hydrogen) atoms. The van der Waals surface area contributed by atoms with Crippen LogP contribution in [0.2, 0.25) is 0 Å². The normalized spacial score (nSPS) is 23.1. The molecule has 1 atom stereocenters. The highest BCUT2D eigenvalue weighted by atomic mass is 16.5. The summed E-state index contributed by atoms with van der Waals surface area (Å²) in [5, 5.41) is 10.6. The third-order valence-electron chi connectivity index (χ3n) is 2.74. The number of carbonyl (C=O) groups excluding carboxylic acids is 1. The minimum absolute atomic E-state index is 0.0152. The number of nitrogens with one attached hydrogen (secondary N) is 1. The lowest BCUT2D eigenvalue weighted by atomic mass is 10.0. The van der Waals surface area contributed by atoms with E-state index in [1.807, 2.05) is 6.92 Å². The van der Waals surface area contributed by atoms with Crippen LogP contribution < -0.4 is 5.32 Å². The average Bonchev–Trinajstić information content (AvgIpc) is 2.71. The van der Waals surface area contributed by atoms with Gasteiger partial charge in [-0.2, -0.15) is 0 Å². The molecule has 0 saturated heterocycles. The van der Waals surface area contributed by atoms with E-state index in [0.717, 1.165) is 18.5 Å². The van der Waals surface area contributed by atoms with Crippen LogP contribution in [0.5, 0.6) is 0 Å². The maximum Gasteiger partial charge on any atom is 0.222 e. The van der Waals surface area contributed by atoms with Gasteiger partial charge in [0.2, 0.25) is 5.91 Å². The van der Waals surface area contributed by atoms with E-state index in [1.54, 1.807) is 10.9 Å². The van der Waals surface area contributed by atoms with Crippen LogP contribution >= 0.6 is 0 Å². The number of amides is 1. The number of nitrogens with zero attached hydrogens (tertiary/aromatic N) is 3. The van der Waals surface area contributed by atoms with Crippen molar-refractivity contribution in [2.75, 3.05) is 13.2 Å². The lowest BCUT2D eigenvalue weighted by Gasteiger charge is -2.10. The average molecular weight is 224 g/mol. The van der Waals surface area contributed by atoms with Crippen molar-refractivity contribution in [3.8, 4) is 0 Å². The van der Waals surface area contributed by atoms with E-state index < -0.39 is 0 Å². The molecule has 1 aromatic rings. The Morgan fingerprint density at radius 1 is 1.62 bits per heavy atom. The molecule has 0 spiro atoms. The van der Waals surface area contributed by atoms with Crippen molar-refractivity contribution in [2.24, 2.45) is 5.92 Å². The topological polar surface area (TPSA) is 69.0 Å². The van der Waals surface area contributed by atoms with Crippen molar-refractivity contribution in [1.29, 1.82) is 0 Å². The smallest absolute Gasteiger partial charge is 0.222 e. The lowest BCUT2D eigenvalue weighted by molar-refractivity contribution is -0.124. The second-order valence-corrected chi connectivity index (χ2v) is 3.99. The third-order valence-corrected chi connectivity index (χ3v) is 2.74. The zero-order valence-corrected chi connectivity index (χ0v) is 9.35. The maximum absolute atomic E-state index is 11.6. The minimum Gasteiger partial charge on any atom is -0.357 e. The van der Waals surface area contributed by atoms with E-state index in [0.29, 0.717) is 19.9 Å². The number of fused-ring (bicyclic) bond motifs is 1. The number of hydrogen-bond donors (Lipinski definition) is 1. The summed E-state index contributed by atoms with van der Waals surface area (Å²) in [6, 6.07) is 0. The second-order valence-electron chi connectivity index (χ2n) is 3.99. The SMILES string of the molecule is C[C@H]1CCc2cnnn2COCCNC1=O. The van der Waals surface area contributed by atoms with Gasteiger partial charge in [-0.25, -0.2) is 4.68 Å². The Balaban J connectivity index is 2.07. The van der Waals surface area contributed by atoms with Crippen molar-refractivity contribution in [2.45, 2.75) is 26.5 Å². The number of rotatable bonds is 0. The van der Waals surface area contributed by atoms with Gasteiger partial charge in [0.15, 0.2) is 0 Å². The van der Waals surface area contributed by atoms with E-state index in [9.17, 15) is 4.79 Å². The molecule has 1 aliphatic rings. The Morgan fingerprint density at radius 3 is 3.38 bits per heavy atom. The van der Waals surface area contributed by atoms with Gasteiger partial charge in [-0.05, 0) is 12.8 Å². The number of ether oxygens (including phenoxy) is 1. The molecular formula is C10H16N4O2. The number of carbonyl (C=O) groups is 1. The molecule has 1 amide bonds. The zero-order valence-electron chi connectivity index (χ0n) is 9.35. The summed E-state index contributed by atoms with van der Waals surface area (Å²) in [7, 11) is 0. The first-order chi connectivity index (χ1) is 7.77. The Hall–Kier alpha value is -1.43. The lowest BCUT2D eigenvalue weighted by Crippen LogP contribution is -2.31. The molecule has 1 N–H and O–H groups in total. The molecular weight excluding hydrogens is 208 g/mol. The van der Waals surface area contributed by atoms with E-state index >= 15 is 0 Å². The molecule has 0 aromatic carbocycles. The minimum atomic E-state index is 0.0152. The van der Waals surface area contributed by atoms with Gasteiger partial charge in [-0.15, -0.1) is 5.10 Å². The highest BCUT2D eigenvalue weighted by molar-refractivity contribution is 5.78. The first-order valence-corrected chi connectivity index (χ1v) is 5.50. The van der Waals surface area contributed by atoms with Gasteiger partial charge in [0.05, 0.1) is 18.5 Å². The molecule has 0 saturated carbocycles. The number of aromatic nitrogens is 3. The van der Waals surface area contributed by atoms with Crippen LogP contribution in [-0.4, -0.2) is 34.1 Å². The summed E-state index contributed by atoms with van der Waals surface area (Å²) < 4.78 is 7.12. The van der Waals surface area contributed by atoms with E-state index in [2.05, 4.69) is 15.6 Å². The van der Waals surface area contributed by atoms with Crippen molar-refractivity contribution in [3.05, 3.63) is 11.9 Å². The van der Waals surface area contributed by atoms with Crippen LogP contribution in [0, 0.1) is 5.92 Å². The Bertz CT molecular complexity index is 363. The van der Waals surface area contributed by atoms with E-state index in [4.69, 9.17) is 4.74 Å². The monoisotopic (exact) mass is 224 g/mol. The molecule has 0 unspecified atom stereocenters. The fourth-order valence-corrected chi connectivity index (χ4v) is 1.65. The zero-order chi connectivity index (χ0) is 11.4. The number of aryl methyl sites for hydroxylation is 1. The summed E-state index contributed by atoms with van der Waals surface area (Å²) in [5.74, 6) is 0.103. The summed E-state index contributed by atoms with van der Waals surface area (Å²) in [5.41, 5.74) is 1.02. The quantitative estimate of drug-likeness (QED) is 0.671. The molecule has 1 aromatic heterocycles. The van der Waals surface area contributed by atoms with Gasteiger partial charge in [0.1, 0.15) is 6.73 Å². The molecule has 6 heteroatoms. The van der Waals surface area contributed by atoms with Crippen molar-refractivity contribution >= 4 is 5.91 Å². The molecule has 0 aliphatic carbocycles. The molecule has 0 fully saturated rings. The van der Waals surface area contributed by atoms with Gasteiger partial charge in [0, 0.05) is 12.5 Å². The molecule has 0 bridgehead atoms. The fraction of sp³-hybridized carbons (Fsp3) is 0.700. The maximum atomic E-state index is 11.6. The Morgan fingerprint density at radius 2 is 2.50 bits per heavy atom. The first-order valence-electron chi connectivity index (χ1n) is 5.50. The molecule has 1 aliphatic heterocycles. The summed E-state index contributed by atoms with van der Waals surface area (Å²) in [6.45, 7) is 3.38. The summed E-state index contributed by atoms with van der Waals surface area (Å²) in [6.07, 6.45) is 3.33. The highest BCUT2D eigenvalue weighted by Crippen LogP contribution is 2.09. The largest absolute Gasteiger partial charge is 0.357 e. The van der Waals surface area contributed by atoms with Gasteiger partial charge < -0.3 is 10.1 Å². The molecule has 2 heterocycles. The van der Waals surface area contributed by atoms with Gasteiger partial charge in [0.25, 0.3) is 0 Å². The predicted molar refractivity (Wildman–Crippen MR) is 56.5 cm³/mol. The van der Waals surface area contributed by atoms with Gasteiger partial charge in [-0.1, -0.05) is 12.1 Å². The highest BCUT2D eigenvalue weighted by Gasteiger charge is 2.15. The molecule has 6 nitrogen and oxygen atoms in total. The van der Waals surface area contributed by atoms with Gasteiger partial charge in [-0.3, -0.25) is 4.79 Å². The van der Waals surface area contributed by atoms with Crippen LogP contribution in [0.15, 0.2) is 6.20 Å². The Kier molecular flexibility index (Phi) is 3.51. The van der Waals surface area contributed by atoms with E-state index in [-0.39, 0.29) is 11.8 Å². The van der Waals surface area contributed by atoms with E-state index in [1.165, 1.54) is 0 Å². The van der Waals surface area contributed by atoms with Crippen molar-refractivity contribution < 1.29 is 9.53 Å². The molecule has 88 valence electrons. The fourth-order valence-electron chi connectivity index (χ4n) is 1.65.